The van der Waals surface area contributed by atoms with E-state index in [1.807, 2.05) is 0 Å². The van der Waals surface area contributed by atoms with Gasteiger partial charge in [0.2, 0.25) is 0 Å². The summed E-state index contributed by atoms with van der Waals surface area (Å²) < 4.78 is 33.0. The molecule has 1 aromatic heterocycles. The summed E-state index contributed by atoms with van der Waals surface area (Å²) in [6, 6.07) is 9.99. The van der Waals surface area contributed by atoms with Crippen LogP contribution in [-0.2, 0) is 6.61 Å². The van der Waals surface area contributed by atoms with Crippen molar-refractivity contribution in [3.63, 3.8) is 0 Å². The average Bonchev–Trinajstić information content (AvgIpc) is 2.70. The number of aromatic amines is 1. The number of pyridine rings is 1. The molecule has 2 aromatic carbocycles. The minimum atomic E-state index is -0.745. The van der Waals surface area contributed by atoms with Gasteiger partial charge in [0, 0.05) is 35.5 Å². The van der Waals surface area contributed by atoms with Crippen molar-refractivity contribution in [1.82, 2.24) is 10.3 Å². The third-order valence-corrected chi connectivity index (χ3v) is 5.05. The Morgan fingerprint density at radius 1 is 1.21 bits per heavy atom. The van der Waals surface area contributed by atoms with Crippen molar-refractivity contribution in [2.75, 3.05) is 7.05 Å². The molecule has 1 heterocycles. The van der Waals surface area contributed by atoms with Crippen LogP contribution in [0.1, 0.15) is 21.6 Å². The van der Waals surface area contributed by atoms with Gasteiger partial charge in [-0.3, -0.25) is 9.59 Å². The third kappa shape index (κ3) is 4.37. The normalized spacial score (nSPS) is 10.7. The standard InChI is InChI=1S/C21H17BrF2N2O3/c1-11-17(12-4-3-5-13(8-12)20(27)25-2)19(18(22)21(28)26-11)29-10-14-6-7-15(23)9-16(14)24/h3-9H,10H2,1-2H3,(H,25,27)(H,26,28). The summed E-state index contributed by atoms with van der Waals surface area (Å²) in [5, 5.41) is 2.56. The number of hydrogen-bond donors (Lipinski definition) is 2. The Labute approximate surface area is 173 Å². The maximum Gasteiger partial charge on any atom is 0.266 e. The second kappa shape index (κ2) is 8.57. The van der Waals surface area contributed by atoms with Gasteiger partial charge in [0.15, 0.2) is 0 Å². The van der Waals surface area contributed by atoms with E-state index >= 15 is 0 Å². The molecule has 0 saturated carbocycles. The van der Waals surface area contributed by atoms with Gasteiger partial charge >= 0.3 is 0 Å². The van der Waals surface area contributed by atoms with Gasteiger partial charge in [0.05, 0.1) is 0 Å². The molecular weight excluding hydrogens is 446 g/mol. The highest BCUT2D eigenvalue weighted by atomic mass is 79.9. The molecule has 5 nitrogen and oxygen atoms in total. The van der Waals surface area contributed by atoms with Crippen LogP contribution in [0.15, 0.2) is 51.7 Å². The molecule has 29 heavy (non-hydrogen) atoms. The van der Waals surface area contributed by atoms with Crippen molar-refractivity contribution in [2.45, 2.75) is 13.5 Å². The smallest absolute Gasteiger partial charge is 0.266 e. The molecule has 0 spiro atoms. The van der Waals surface area contributed by atoms with E-state index in [-0.39, 0.29) is 28.3 Å². The summed E-state index contributed by atoms with van der Waals surface area (Å²) in [7, 11) is 1.53. The van der Waals surface area contributed by atoms with E-state index < -0.39 is 17.2 Å². The number of H-pyrrole nitrogens is 1. The lowest BCUT2D eigenvalue weighted by atomic mass is 10.0. The van der Waals surface area contributed by atoms with Gasteiger partial charge in [-0.15, -0.1) is 0 Å². The molecule has 0 aliphatic rings. The minimum Gasteiger partial charge on any atom is -0.487 e. The van der Waals surface area contributed by atoms with Crippen LogP contribution >= 0.6 is 15.9 Å². The second-order valence-electron chi connectivity index (χ2n) is 6.28. The van der Waals surface area contributed by atoms with Crippen LogP contribution in [-0.4, -0.2) is 17.9 Å². The van der Waals surface area contributed by atoms with Gasteiger partial charge in [-0.25, -0.2) is 8.78 Å². The number of aromatic nitrogens is 1. The first-order chi connectivity index (χ1) is 13.8. The topological polar surface area (TPSA) is 71.2 Å². The predicted octanol–water partition coefficient (Wildman–Crippen LogP) is 4.33. The average molecular weight is 463 g/mol. The molecule has 0 radical (unpaired) electrons. The van der Waals surface area contributed by atoms with Crippen molar-refractivity contribution in [2.24, 2.45) is 0 Å². The number of nitrogens with one attached hydrogen (secondary N) is 2. The van der Waals surface area contributed by atoms with Gasteiger partial charge in [0.1, 0.15) is 28.5 Å². The van der Waals surface area contributed by atoms with Gasteiger partial charge in [-0.2, -0.15) is 0 Å². The van der Waals surface area contributed by atoms with Gasteiger partial charge in [-0.1, -0.05) is 12.1 Å². The SMILES string of the molecule is CNC(=O)c1cccc(-c2c(C)[nH]c(=O)c(Br)c2OCc2ccc(F)cc2F)c1. The molecule has 8 heteroatoms. The molecule has 0 fully saturated rings. The maximum atomic E-state index is 14.0. The quantitative estimate of drug-likeness (QED) is 0.592. The van der Waals surface area contributed by atoms with Gasteiger partial charge < -0.3 is 15.0 Å². The number of amides is 1. The molecule has 3 rings (SSSR count). The Bertz CT molecular complexity index is 1150. The first kappa shape index (κ1) is 20.7. The molecule has 0 saturated heterocycles. The summed E-state index contributed by atoms with van der Waals surface area (Å²) >= 11 is 3.23. The molecule has 1 amide bonds. The zero-order valence-corrected chi connectivity index (χ0v) is 17.2. The van der Waals surface area contributed by atoms with Crippen LogP contribution in [0.3, 0.4) is 0 Å². The number of carbonyl (C=O) groups is 1. The number of hydrogen-bond acceptors (Lipinski definition) is 3. The van der Waals surface area contributed by atoms with E-state index in [2.05, 4.69) is 26.2 Å². The Morgan fingerprint density at radius 3 is 2.66 bits per heavy atom. The Kier molecular flexibility index (Phi) is 6.12. The molecule has 0 unspecified atom stereocenters. The highest BCUT2D eigenvalue weighted by molar-refractivity contribution is 9.10. The van der Waals surface area contributed by atoms with Crippen molar-refractivity contribution in [1.29, 1.82) is 0 Å². The second-order valence-corrected chi connectivity index (χ2v) is 7.07. The first-order valence-corrected chi connectivity index (χ1v) is 9.42. The lowest BCUT2D eigenvalue weighted by molar-refractivity contribution is 0.0963. The number of benzene rings is 2. The van der Waals surface area contributed by atoms with Crippen LogP contribution in [0.5, 0.6) is 5.75 Å². The van der Waals surface area contributed by atoms with E-state index in [9.17, 15) is 18.4 Å². The van der Waals surface area contributed by atoms with Crippen LogP contribution in [0.25, 0.3) is 11.1 Å². The van der Waals surface area contributed by atoms with Crippen molar-refractivity contribution >= 4 is 21.8 Å². The largest absolute Gasteiger partial charge is 0.487 e. The van der Waals surface area contributed by atoms with Crippen molar-refractivity contribution in [3.8, 4) is 16.9 Å². The van der Waals surface area contributed by atoms with Crippen LogP contribution < -0.4 is 15.6 Å². The number of halogens is 3. The summed E-state index contributed by atoms with van der Waals surface area (Å²) in [5.74, 6) is -1.50. The Morgan fingerprint density at radius 2 is 1.97 bits per heavy atom. The van der Waals surface area contributed by atoms with E-state index in [1.165, 1.54) is 13.1 Å². The third-order valence-electron chi connectivity index (χ3n) is 4.33. The van der Waals surface area contributed by atoms with Crippen LogP contribution in [0, 0.1) is 18.6 Å². The summed E-state index contributed by atoms with van der Waals surface area (Å²) in [6.07, 6.45) is 0. The highest BCUT2D eigenvalue weighted by Gasteiger charge is 2.19. The summed E-state index contributed by atoms with van der Waals surface area (Å²) in [4.78, 5) is 26.9. The fraction of sp³-hybridized carbons (Fsp3) is 0.143. The molecule has 0 aliphatic carbocycles. The number of rotatable bonds is 5. The number of aryl methyl sites for hydroxylation is 1. The fourth-order valence-electron chi connectivity index (χ4n) is 2.90. The predicted molar refractivity (Wildman–Crippen MR) is 109 cm³/mol. The monoisotopic (exact) mass is 462 g/mol. The zero-order chi connectivity index (χ0) is 21.1. The summed E-state index contributed by atoms with van der Waals surface area (Å²) in [6.45, 7) is 1.48. The first-order valence-electron chi connectivity index (χ1n) is 8.63. The van der Waals surface area contributed by atoms with E-state index in [1.54, 1.807) is 31.2 Å². The lowest BCUT2D eigenvalue weighted by Crippen LogP contribution is -2.17. The van der Waals surface area contributed by atoms with Crippen molar-refractivity contribution in [3.05, 3.63) is 85.7 Å². The highest BCUT2D eigenvalue weighted by Crippen LogP contribution is 2.37. The lowest BCUT2D eigenvalue weighted by Gasteiger charge is -2.16. The number of ether oxygens (including phenoxy) is 1. The maximum absolute atomic E-state index is 14.0. The molecule has 3 aromatic rings. The number of carbonyl (C=O) groups excluding carboxylic acids is 1. The van der Waals surface area contributed by atoms with Crippen LogP contribution in [0.2, 0.25) is 0 Å². The van der Waals surface area contributed by atoms with Crippen LogP contribution in [0.4, 0.5) is 8.78 Å². The fourth-order valence-corrected chi connectivity index (χ4v) is 3.31. The van der Waals surface area contributed by atoms with Gasteiger partial charge in [-0.05, 0) is 52.7 Å². The van der Waals surface area contributed by atoms with E-state index in [0.29, 0.717) is 22.4 Å². The molecule has 2 N–H and O–H groups in total. The molecule has 0 bridgehead atoms. The Balaban J connectivity index is 2.08. The van der Waals surface area contributed by atoms with Crippen molar-refractivity contribution < 1.29 is 18.3 Å². The van der Waals surface area contributed by atoms with E-state index in [4.69, 9.17) is 4.74 Å². The molecule has 150 valence electrons. The zero-order valence-electron chi connectivity index (χ0n) is 15.6. The summed E-state index contributed by atoms with van der Waals surface area (Å²) in [5.41, 5.74) is 1.86. The molecule has 0 aliphatic heterocycles. The Hall–Kier alpha value is -3.00. The van der Waals surface area contributed by atoms with E-state index in [0.717, 1.165) is 12.1 Å². The van der Waals surface area contributed by atoms with Gasteiger partial charge in [0.25, 0.3) is 11.5 Å². The minimum absolute atomic E-state index is 0.131. The molecule has 0 atom stereocenters. The molecular formula is C21H17BrF2N2O3.